The first-order valence-corrected chi connectivity index (χ1v) is 6.53. The highest BCUT2D eigenvalue weighted by Crippen LogP contribution is 2.27. The molecule has 0 atom stereocenters. The summed E-state index contributed by atoms with van der Waals surface area (Å²) >= 11 is 9.74. The molecule has 3 rings (SSSR count). The smallest absolute Gasteiger partial charge is 0.138 e. The van der Waals surface area contributed by atoms with Gasteiger partial charge in [-0.1, -0.05) is 27.5 Å². The molecule has 17 heavy (non-hydrogen) atoms. The van der Waals surface area contributed by atoms with Crippen LogP contribution in [0.3, 0.4) is 0 Å². The fourth-order valence-electron chi connectivity index (χ4n) is 1.91. The largest absolute Gasteiger partial charge is 0.376 e. The van der Waals surface area contributed by atoms with E-state index in [1.165, 1.54) is 0 Å². The number of rotatable bonds is 1. The van der Waals surface area contributed by atoms with Gasteiger partial charge >= 0.3 is 0 Å². The SMILES string of the molecule is Clc1c2c(nn1-c1ccc(Br)cc1)CCOC2. The molecule has 0 saturated carbocycles. The van der Waals surface area contributed by atoms with Crippen molar-refractivity contribution in [1.82, 2.24) is 9.78 Å². The number of benzene rings is 1. The van der Waals surface area contributed by atoms with Crippen LogP contribution >= 0.6 is 27.5 Å². The van der Waals surface area contributed by atoms with Crippen molar-refractivity contribution in [2.75, 3.05) is 6.61 Å². The Balaban J connectivity index is 2.09. The molecule has 0 unspecified atom stereocenters. The fraction of sp³-hybridized carbons (Fsp3) is 0.250. The minimum absolute atomic E-state index is 0.560. The summed E-state index contributed by atoms with van der Waals surface area (Å²) in [5, 5.41) is 5.19. The fourth-order valence-corrected chi connectivity index (χ4v) is 2.48. The van der Waals surface area contributed by atoms with Gasteiger partial charge in [0.15, 0.2) is 0 Å². The van der Waals surface area contributed by atoms with Crippen LogP contribution in [-0.4, -0.2) is 16.4 Å². The summed E-state index contributed by atoms with van der Waals surface area (Å²) in [6, 6.07) is 7.91. The van der Waals surface area contributed by atoms with Crippen LogP contribution in [0.2, 0.25) is 5.15 Å². The van der Waals surface area contributed by atoms with Gasteiger partial charge in [0.2, 0.25) is 0 Å². The van der Waals surface area contributed by atoms with Crippen LogP contribution < -0.4 is 0 Å². The molecule has 3 nitrogen and oxygen atoms in total. The average Bonchev–Trinajstić information content (AvgIpc) is 2.69. The minimum Gasteiger partial charge on any atom is -0.376 e. The van der Waals surface area contributed by atoms with Gasteiger partial charge in [0, 0.05) is 16.5 Å². The van der Waals surface area contributed by atoms with Gasteiger partial charge in [-0.15, -0.1) is 0 Å². The molecule has 1 aromatic heterocycles. The van der Waals surface area contributed by atoms with Gasteiger partial charge in [-0.2, -0.15) is 5.10 Å². The highest BCUT2D eigenvalue weighted by Gasteiger charge is 2.20. The van der Waals surface area contributed by atoms with Crippen molar-refractivity contribution in [1.29, 1.82) is 0 Å². The Morgan fingerprint density at radius 1 is 1.29 bits per heavy atom. The molecule has 2 heterocycles. The zero-order chi connectivity index (χ0) is 11.8. The van der Waals surface area contributed by atoms with Crippen molar-refractivity contribution in [3.63, 3.8) is 0 Å². The summed E-state index contributed by atoms with van der Waals surface area (Å²) in [7, 11) is 0. The maximum Gasteiger partial charge on any atom is 0.138 e. The second-order valence-corrected chi connectivity index (χ2v) is 5.18. The van der Waals surface area contributed by atoms with E-state index >= 15 is 0 Å². The van der Waals surface area contributed by atoms with Crippen molar-refractivity contribution in [2.45, 2.75) is 13.0 Å². The number of hydrogen-bond donors (Lipinski definition) is 0. The lowest BCUT2D eigenvalue weighted by Crippen LogP contribution is -2.08. The normalized spacial score (nSPS) is 14.7. The number of hydrogen-bond acceptors (Lipinski definition) is 2. The predicted molar refractivity (Wildman–Crippen MR) is 69.6 cm³/mol. The van der Waals surface area contributed by atoms with Gasteiger partial charge in [-0.3, -0.25) is 0 Å². The maximum atomic E-state index is 6.33. The molecule has 88 valence electrons. The third-order valence-corrected chi connectivity index (χ3v) is 3.72. The molecule has 2 aromatic rings. The third-order valence-electron chi connectivity index (χ3n) is 2.80. The number of ether oxygens (including phenoxy) is 1. The van der Waals surface area contributed by atoms with Gasteiger partial charge in [0.25, 0.3) is 0 Å². The summed E-state index contributed by atoms with van der Waals surface area (Å²) in [5.41, 5.74) is 3.03. The lowest BCUT2D eigenvalue weighted by Gasteiger charge is -2.09. The first-order valence-electron chi connectivity index (χ1n) is 5.35. The van der Waals surface area contributed by atoms with Crippen LogP contribution in [0.5, 0.6) is 0 Å². The average molecular weight is 314 g/mol. The summed E-state index contributed by atoms with van der Waals surface area (Å²) in [5.74, 6) is 0. The van der Waals surface area contributed by atoms with E-state index in [-0.39, 0.29) is 0 Å². The van der Waals surface area contributed by atoms with Gasteiger partial charge in [0.1, 0.15) is 5.15 Å². The Morgan fingerprint density at radius 2 is 2.06 bits per heavy atom. The second-order valence-electron chi connectivity index (χ2n) is 3.91. The molecule has 0 fully saturated rings. The molecule has 0 bridgehead atoms. The molecule has 0 N–H and O–H groups in total. The lowest BCUT2D eigenvalue weighted by molar-refractivity contribution is 0.110. The van der Waals surface area contributed by atoms with E-state index in [1.807, 2.05) is 24.3 Å². The Labute approximate surface area is 112 Å². The molecular formula is C12H10BrClN2O. The van der Waals surface area contributed by atoms with E-state index in [2.05, 4.69) is 21.0 Å². The predicted octanol–water partition coefficient (Wildman–Crippen LogP) is 3.36. The number of nitrogens with zero attached hydrogens (tertiary/aromatic N) is 2. The first kappa shape index (κ1) is 11.3. The van der Waals surface area contributed by atoms with Crippen LogP contribution in [0, 0.1) is 0 Å². The minimum atomic E-state index is 0.560. The zero-order valence-electron chi connectivity index (χ0n) is 8.99. The highest BCUT2D eigenvalue weighted by molar-refractivity contribution is 9.10. The second kappa shape index (κ2) is 4.44. The zero-order valence-corrected chi connectivity index (χ0v) is 11.3. The lowest BCUT2D eigenvalue weighted by atomic mass is 10.2. The monoisotopic (exact) mass is 312 g/mol. The molecule has 0 spiro atoms. The molecule has 1 aliphatic heterocycles. The molecule has 1 aliphatic rings. The van der Waals surface area contributed by atoms with E-state index in [0.29, 0.717) is 11.8 Å². The van der Waals surface area contributed by atoms with Crippen molar-refractivity contribution < 1.29 is 4.74 Å². The Morgan fingerprint density at radius 3 is 2.76 bits per heavy atom. The first-order chi connectivity index (χ1) is 8.25. The molecule has 1 aromatic carbocycles. The van der Waals surface area contributed by atoms with E-state index in [9.17, 15) is 0 Å². The van der Waals surface area contributed by atoms with Crippen LogP contribution in [0.1, 0.15) is 11.3 Å². The van der Waals surface area contributed by atoms with E-state index in [1.54, 1.807) is 4.68 Å². The van der Waals surface area contributed by atoms with Crippen molar-refractivity contribution in [3.05, 3.63) is 45.1 Å². The molecule has 0 radical (unpaired) electrons. The number of fused-ring (bicyclic) bond motifs is 1. The quantitative estimate of drug-likeness (QED) is 0.807. The standard InChI is InChI=1S/C12H10BrClN2O/c13-8-1-3-9(4-2-8)16-12(14)10-7-17-6-5-11(10)15-16/h1-4H,5-7H2. The van der Waals surface area contributed by atoms with Crippen molar-refractivity contribution in [2.24, 2.45) is 0 Å². The topological polar surface area (TPSA) is 27.1 Å². The van der Waals surface area contributed by atoms with Crippen LogP contribution in [0.25, 0.3) is 5.69 Å². The summed E-state index contributed by atoms with van der Waals surface area (Å²) in [6.07, 6.45) is 0.832. The summed E-state index contributed by atoms with van der Waals surface area (Å²) < 4.78 is 8.21. The van der Waals surface area contributed by atoms with Crippen LogP contribution in [0.15, 0.2) is 28.7 Å². The summed E-state index contributed by atoms with van der Waals surface area (Å²) in [6.45, 7) is 1.28. The van der Waals surface area contributed by atoms with Crippen LogP contribution in [-0.2, 0) is 17.8 Å². The Kier molecular flexibility index (Phi) is 2.94. The molecule has 5 heteroatoms. The van der Waals surface area contributed by atoms with E-state index in [0.717, 1.165) is 34.4 Å². The van der Waals surface area contributed by atoms with E-state index in [4.69, 9.17) is 16.3 Å². The van der Waals surface area contributed by atoms with Gasteiger partial charge in [-0.05, 0) is 24.3 Å². The Bertz CT molecular complexity index is 550. The van der Waals surface area contributed by atoms with Crippen molar-refractivity contribution in [3.8, 4) is 5.69 Å². The van der Waals surface area contributed by atoms with Crippen molar-refractivity contribution >= 4 is 27.5 Å². The Hall–Kier alpha value is -0.840. The molecule has 0 saturated heterocycles. The number of halogens is 2. The van der Waals surface area contributed by atoms with Gasteiger partial charge in [0.05, 0.1) is 24.6 Å². The van der Waals surface area contributed by atoms with Crippen LogP contribution in [0.4, 0.5) is 0 Å². The third kappa shape index (κ3) is 2.01. The number of aromatic nitrogens is 2. The van der Waals surface area contributed by atoms with Gasteiger partial charge in [-0.25, -0.2) is 4.68 Å². The van der Waals surface area contributed by atoms with Gasteiger partial charge < -0.3 is 4.74 Å². The molecular weight excluding hydrogens is 304 g/mol. The molecule has 0 amide bonds. The highest BCUT2D eigenvalue weighted by atomic mass is 79.9. The maximum absolute atomic E-state index is 6.33. The van der Waals surface area contributed by atoms with E-state index < -0.39 is 0 Å². The molecule has 0 aliphatic carbocycles. The summed E-state index contributed by atoms with van der Waals surface area (Å²) in [4.78, 5) is 0.